The van der Waals surface area contributed by atoms with Gasteiger partial charge in [-0.1, -0.05) is 0 Å². The van der Waals surface area contributed by atoms with Crippen molar-refractivity contribution in [3.8, 4) is 0 Å². The van der Waals surface area contributed by atoms with Crippen molar-refractivity contribution in [3.05, 3.63) is 29.1 Å². The average molecular weight is 428 g/mol. The van der Waals surface area contributed by atoms with E-state index in [1.165, 1.54) is 6.07 Å². The van der Waals surface area contributed by atoms with Crippen LogP contribution in [0.4, 0.5) is 10.1 Å². The fourth-order valence-corrected chi connectivity index (χ4v) is 5.48. The van der Waals surface area contributed by atoms with E-state index in [0.29, 0.717) is 18.3 Å². The number of amides is 4. The van der Waals surface area contributed by atoms with Gasteiger partial charge in [0.05, 0.1) is 16.8 Å². The molecule has 0 aromatic heterocycles. The van der Waals surface area contributed by atoms with Gasteiger partial charge in [-0.05, 0) is 45.7 Å². The summed E-state index contributed by atoms with van der Waals surface area (Å²) in [5, 5.41) is 2.17. The van der Waals surface area contributed by atoms with Crippen LogP contribution in [-0.4, -0.2) is 70.2 Å². The molecule has 1 aromatic carbocycles. The highest BCUT2D eigenvalue weighted by Gasteiger charge is 2.49. The summed E-state index contributed by atoms with van der Waals surface area (Å²) in [4.78, 5) is 54.8. The Labute approximate surface area is 179 Å². The highest BCUT2D eigenvalue weighted by atomic mass is 19.1. The number of benzene rings is 1. The van der Waals surface area contributed by atoms with Crippen LogP contribution in [0.3, 0.4) is 0 Å². The van der Waals surface area contributed by atoms with Crippen LogP contribution >= 0.6 is 0 Å². The highest BCUT2D eigenvalue weighted by Crippen LogP contribution is 2.41. The Hall–Kier alpha value is -2.81. The number of hydrogen-bond donors (Lipinski definition) is 1. The topological polar surface area (TPSA) is 90.0 Å². The average Bonchev–Trinajstić information content (AvgIpc) is 3.35. The Kier molecular flexibility index (Phi) is 4.28. The van der Waals surface area contributed by atoms with Crippen LogP contribution in [-0.2, 0) is 9.59 Å². The van der Waals surface area contributed by atoms with E-state index in [0.717, 1.165) is 23.9 Å². The Morgan fingerprint density at radius 1 is 1.00 bits per heavy atom. The SMILES string of the molecule is CC(C)(C)N1CC2CC1CN2c1cc2c(cc1F)C(=O)N([C@@H]1CCC(=O)NC1=O)C2=O. The number of nitrogens with one attached hydrogen (secondary N) is 1. The molecule has 5 rings (SSSR count). The van der Waals surface area contributed by atoms with Crippen molar-refractivity contribution < 1.29 is 23.6 Å². The van der Waals surface area contributed by atoms with Crippen molar-refractivity contribution in [1.29, 1.82) is 0 Å². The molecule has 1 N–H and O–H groups in total. The van der Waals surface area contributed by atoms with Crippen LogP contribution in [0.15, 0.2) is 12.1 Å². The molecule has 2 bridgehead atoms. The zero-order chi connectivity index (χ0) is 22.2. The monoisotopic (exact) mass is 428 g/mol. The van der Waals surface area contributed by atoms with Gasteiger partial charge in [0.15, 0.2) is 0 Å². The molecular weight excluding hydrogens is 403 g/mol. The summed E-state index contributed by atoms with van der Waals surface area (Å²) in [5.74, 6) is -2.96. The molecule has 4 aliphatic heterocycles. The molecule has 3 saturated heterocycles. The van der Waals surface area contributed by atoms with E-state index in [1.54, 1.807) is 0 Å². The van der Waals surface area contributed by atoms with Gasteiger partial charge in [-0.15, -0.1) is 0 Å². The summed E-state index contributed by atoms with van der Waals surface area (Å²) < 4.78 is 15.1. The number of piperidine rings is 1. The Morgan fingerprint density at radius 2 is 1.68 bits per heavy atom. The lowest BCUT2D eigenvalue weighted by molar-refractivity contribution is -0.136. The van der Waals surface area contributed by atoms with Crippen LogP contribution in [0, 0.1) is 5.82 Å². The Morgan fingerprint density at radius 3 is 2.26 bits per heavy atom. The van der Waals surface area contributed by atoms with E-state index in [4.69, 9.17) is 0 Å². The normalized spacial score (nSPS) is 28.6. The zero-order valence-corrected chi connectivity index (χ0v) is 17.8. The van der Waals surface area contributed by atoms with Crippen molar-refractivity contribution >= 4 is 29.3 Å². The first-order valence-electron chi connectivity index (χ1n) is 10.6. The van der Waals surface area contributed by atoms with Crippen LogP contribution < -0.4 is 10.2 Å². The number of hydrogen-bond acceptors (Lipinski definition) is 6. The number of anilines is 1. The Bertz CT molecular complexity index is 1030. The standard InChI is InChI=1S/C22H25FN4O4/c1-22(2,3)26-10-11-6-12(26)9-25(11)17-8-14-13(7-15(17)23)20(30)27(21(14)31)16-4-5-18(28)24-19(16)29/h7-8,11-12,16H,4-6,9-10H2,1-3H3,(H,24,28,29)/t11?,12?,16-/m1/s1. The molecule has 3 fully saturated rings. The summed E-state index contributed by atoms with van der Waals surface area (Å²) in [7, 11) is 0. The molecule has 0 spiro atoms. The van der Waals surface area contributed by atoms with Crippen LogP contribution in [0.5, 0.6) is 0 Å². The van der Waals surface area contributed by atoms with Crippen molar-refractivity contribution in [3.63, 3.8) is 0 Å². The number of fused-ring (bicyclic) bond motifs is 3. The van der Waals surface area contributed by atoms with E-state index < -0.39 is 35.5 Å². The van der Waals surface area contributed by atoms with Gasteiger partial charge in [0.1, 0.15) is 11.9 Å². The second kappa shape index (κ2) is 6.59. The number of rotatable bonds is 2. The first-order chi connectivity index (χ1) is 14.6. The maximum Gasteiger partial charge on any atom is 0.262 e. The van der Waals surface area contributed by atoms with Gasteiger partial charge in [-0.3, -0.25) is 34.3 Å². The molecule has 4 aliphatic rings. The summed E-state index contributed by atoms with van der Waals surface area (Å²) in [6.07, 6.45) is 1.05. The van der Waals surface area contributed by atoms with E-state index >= 15 is 4.39 Å². The molecule has 164 valence electrons. The molecule has 3 atom stereocenters. The quantitative estimate of drug-likeness (QED) is 0.714. The van der Waals surface area contributed by atoms with Gasteiger partial charge in [0, 0.05) is 37.1 Å². The molecule has 9 heteroatoms. The van der Waals surface area contributed by atoms with Gasteiger partial charge in [-0.2, -0.15) is 0 Å². The summed E-state index contributed by atoms with van der Waals surface area (Å²) in [5.41, 5.74) is 0.441. The van der Waals surface area contributed by atoms with Crippen LogP contribution in [0.1, 0.15) is 60.7 Å². The molecule has 8 nitrogen and oxygen atoms in total. The molecule has 2 unspecified atom stereocenters. The molecule has 4 heterocycles. The maximum atomic E-state index is 15.1. The second-order valence-electron chi connectivity index (χ2n) is 9.82. The smallest absolute Gasteiger partial charge is 0.262 e. The number of imide groups is 2. The minimum absolute atomic E-state index is 0.0309. The van der Waals surface area contributed by atoms with Crippen molar-refractivity contribution in [2.45, 2.75) is 63.7 Å². The van der Waals surface area contributed by atoms with Crippen LogP contribution in [0.25, 0.3) is 0 Å². The predicted octanol–water partition coefficient (Wildman–Crippen LogP) is 1.29. The van der Waals surface area contributed by atoms with Gasteiger partial charge >= 0.3 is 0 Å². The molecule has 0 radical (unpaired) electrons. The number of carbonyl (C=O) groups excluding carboxylic acids is 4. The number of carbonyl (C=O) groups is 4. The van der Waals surface area contributed by atoms with E-state index in [-0.39, 0.29) is 35.5 Å². The third kappa shape index (κ3) is 2.97. The van der Waals surface area contributed by atoms with E-state index in [1.807, 2.05) is 4.90 Å². The largest absolute Gasteiger partial charge is 0.363 e. The molecule has 31 heavy (non-hydrogen) atoms. The fraction of sp³-hybridized carbons (Fsp3) is 0.545. The van der Waals surface area contributed by atoms with Gasteiger partial charge in [0.2, 0.25) is 11.8 Å². The Balaban J connectivity index is 1.43. The number of piperazine rings is 1. The number of nitrogens with zero attached hydrogens (tertiary/aromatic N) is 3. The van der Waals surface area contributed by atoms with Gasteiger partial charge in [-0.25, -0.2) is 4.39 Å². The van der Waals surface area contributed by atoms with Crippen molar-refractivity contribution in [2.24, 2.45) is 0 Å². The lowest BCUT2D eigenvalue weighted by atomic mass is 10.0. The lowest BCUT2D eigenvalue weighted by Crippen LogP contribution is -2.54. The van der Waals surface area contributed by atoms with Gasteiger partial charge < -0.3 is 4.90 Å². The van der Waals surface area contributed by atoms with E-state index in [9.17, 15) is 19.2 Å². The third-order valence-corrected chi connectivity index (χ3v) is 6.92. The molecule has 0 aliphatic carbocycles. The first-order valence-corrected chi connectivity index (χ1v) is 10.6. The number of halogens is 1. The fourth-order valence-electron chi connectivity index (χ4n) is 5.48. The van der Waals surface area contributed by atoms with E-state index in [2.05, 4.69) is 31.0 Å². The van der Waals surface area contributed by atoms with Crippen molar-refractivity contribution in [1.82, 2.24) is 15.1 Å². The molecule has 0 saturated carbocycles. The minimum Gasteiger partial charge on any atom is -0.363 e. The minimum atomic E-state index is -1.06. The maximum absolute atomic E-state index is 15.1. The summed E-state index contributed by atoms with van der Waals surface area (Å²) >= 11 is 0. The second-order valence-corrected chi connectivity index (χ2v) is 9.82. The highest BCUT2D eigenvalue weighted by molar-refractivity contribution is 6.23. The summed E-state index contributed by atoms with van der Waals surface area (Å²) in [6, 6.07) is 1.98. The molecule has 1 aromatic rings. The zero-order valence-electron chi connectivity index (χ0n) is 17.8. The van der Waals surface area contributed by atoms with Crippen molar-refractivity contribution in [2.75, 3.05) is 18.0 Å². The van der Waals surface area contributed by atoms with Crippen LogP contribution in [0.2, 0.25) is 0 Å². The molecule has 4 amide bonds. The summed E-state index contributed by atoms with van der Waals surface area (Å²) in [6.45, 7) is 7.99. The first kappa shape index (κ1) is 20.1. The predicted molar refractivity (Wildman–Crippen MR) is 109 cm³/mol. The number of likely N-dealkylation sites (tertiary alicyclic amines) is 1. The lowest BCUT2D eigenvalue weighted by Gasteiger charge is -2.42. The third-order valence-electron chi connectivity index (χ3n) is 6.92. The molecular formula is C22H25FN4O4. The van der Waals surface area contributed by atoms with Gasteiger partial charge in [0.25, 0.3) is 11.8 Å².